The molecule has 1 fully saturated rings. The van der Waals surface area contributed by atoms with Gasteiger partial charge >= 0.3 is 0 Å². The third kappa shape index (κ3) is 4.92. The second-order valence-corrected chi connectivity index (χ2v) is 8.24. The van der Waals surface area contributed by atoms with Gasteiger partial charge in [0.05, 0.1) is 38.3 Å². The summed E-state index contributed by atoms with van der Waals surface area (Å²) in [5.74, 6) is 0.841. The van der Waals surface area contributed by atoms with Gasteiger partial charge in [0.15, 0.2) is 0 Å². The Kier molecular flexibility index (Phi) is 7.02. The molecule has 32 heavy (non-hydrogen) atoms. The zero-order valence-electron chi connectivity index (χ0n) is 19.1. The van der Waals surface area contributed by atoms with Crippen LogP contribution in [0.2, 0.25) is 0 Å². The van der Waals surface area contributed by atoms with Crippen LogP contribution >= 0.6 is 0 Å². The second-order valence-electron chi connectivity index (χ2n) is 8.24. The van der Waals surface area contributed by atoms with Crippen LogP contribution in [-0.2, 0) is 16.0 Å². The number of aryl methyl sites for hydroxylation is 2. The summed E-state index contributed by atoms with van der Waals surface area (Å²) in [6.07, 6.45) is 0.327. The Hall–Kier alpha value is -2.96. The van der Waals surface area contributed by atoms with Gasteiger partial charge in [0.25, 0.3) is 0 Å². The number of pyridine rings is 1. The van der Waals surface area contributed by atoms with E-state index >= 15 is 0 Å². The summed E-state index contributed by atoms with van der Waals surface area (Å²) >= 11 is 0. The zero-order valence-corrected chi connectivity index (χ0v) is 19.1. The number of hydrogen-bond acceptors (Lipinski definition) is 5. The minimum Gasteiger partial charge on any atom is -0.497 e. The first-order valence-corrected chi connectivity index (χ1v) is 11.1. The van der Waals surface area contributed by atoms with E-state index in [1.807, 2.05) is 37.3 Å². The molecule has 1 aliphatic heterocycles. The van der Waals surface area contributed by atoms with Crippen molar-refractivity contribution in [3.63, 3.8) is 0 Å². The van der Waals surface area contributed by atoms with Crippen LogP contribution in [0.15, 0.2) is 48.5 Å². The molecule has 0 aliphatic carbocycles. The Labute approximate surface area is 189 Å². The minimum absolute atomic E-state index is 0.0139. The molecule has 4 rings (SSSR count). The van der Waals surface area contributed by atoms with Crippen LogP contribution in [-0.4, -0.2) is 55.7 Å². The van der Waals surface area contributed by atoms with Gasteiger partial charge in [0.2, 0.25) is 5.91 Å². The van der Waals surface area contributed by atoms with Crippen LogP contribution in [0.1, 0.15) is 28.4 Å². The van der Waals surface area contributed by atoms with Gasteiger partial charge in [0, 0.05) is 30.7 Å². The molecule has 6 heteroatoms. The van der Waals surface area contributed by atoms with Crippen LogP contribution in [0.4, 0.5) is 0 Å². The number of nitrogens with zero attached hydrogens (tertiary/aromatic N) is 2. The van der Waals surface area contributed by atoms with Crippen LogP contribution in [0.25, 0.3) is 10.9 Å². The van der Waals surface area contributed by atoms with E-state index in [1.165, 1.54) is 0 Å². The number of aromatic nitrogens is 1. The monoisotopic (exact) mass is 433 g/mol. The lowest BCUT2D eigenvalue weighted by molar-refractivity contribution is -0.120. The fourth-order valence-electron chi connectivity index (χ4n) is 4.44. The molecule has 1 amide bonds. The molecule has 0 bridgehead atoms. The van der Waals surface area contributed by atoms with Crippen LogP contribution in [0.3, 0.4) is 0 Å². The molecule has 0 radical (unpaired) electrons. The standard InChI is InChI=1S/C26H31N3O3/c1-18-22-6-4-5-7-24(22)28-19(2)23(18)16-26(30)27-17-25(29-12-14-32-15-13-29)20-8-10-21(31-3)11-9-20/h4-11,25H,12-17H2,1-3H3,(H,27,30)/t25-/m0/s1. The van der Waals surface area contributed by atoms with Gasteiger partial charge in [0.1, 0.15) is 5.75 Å². The van der Waals surface area contributed by atoms with E-state index in [1.54, 1.807) is 7.11 Å². The van der Waals surface area contributed by atoms with Crippen molar-refractivity contribution in [2.45, 2.75) is 26.3 Å². The van der Waals surface area contributed by atoms with Crippen molar-refractivity contribution in [2.75, 3.05) is 40.0 Å². The molecule has 0 saturated carbocycles. The number of fused-ring (bicyclic) bond motifs is 1. The Balaban J connectivity index is 1.49. The molecule has 1 atom stereocenters. The maximum atomic E-state index is 13.0. The van der Waals surface area contributed by atoms with Crippen molar-refractivity contribution in [1.82, 2.24) is 15.2 Å². The quantitative estimate of drug-likeness (QED) is 0.617. The number of hydrogen-bond donors (Lipinski definition) is 1. The van der Waals surface area contributed by atoms with Crippen molar-refractivity contribution < 1.29 is 14.3 Å². The van der Waals surface area contributed by atoms with E-state index in [4.69, 9.17) is 14.5 Å². The summed E-state index contributed by atoms with van der Waals surface area (Å²) in [7, 11) is 1.67. The van der Waals surface area contributed by atoms with E-state index < -0.39 is 0 Å². The van der Waals surface area contributed by atoms with Gasteiger partial charge in [-0.25, -0.2) is 0 Å². The lowest BCUT2D eigenvalue weighted by atomic mass is 9.99. The van der Waals surface area contributed by atoms with Gasteiger partial charge in [-0.2, -0.15) is 0 Å². The first-order valence-electron chi connectivity index (χ1n) is 11.1. The molecule has 1 saturated heterocycles. The SMILES string of the molecule is COc1ccc([C@H](CNC(=O)Cc2c(C)nc3ccccc3c2C)N2CCOCC2)cc1. The van der Waals surface area contributed by atoms with Crippen molar-refractivity contribution in [1.29, 1.82) is 0 Å². The number of para-hydroxylation sites is 1. The smallest absolute Gasteiger partial charge is 0.224 e. The first kappa shape index (κ1) is 22.2. The first-order chi connectivity index (χ1) is 15.6. The number of methoxy groups -OCH3 is 1. The number of benzene rings is 2. The van der Waals surface area contributed by atoms with Gasteiger partial charge in [-0.05, 0) is 48.7 Å². The number of rotatable bonds is 7. The number of carbonyl (C=O) groups is 1. The molecule has 0 spiro atoms. The second kappa shape index (κ2) is 10.1. The van der Waals surface area contributed by atoms with E-state index in [2.05, 4.69) is 35.3 Å². The summed E-state index contributed by atoms with van der Waals surface area (Å²) < 4.78 is 10.8. The van der Waals surface area contributed by atoms with E-state index in [-0.39, 0.29) is 11.9 Å². The lowest BCUT2D eigenvalue weighted by Crippen LogP contribution is -2.44. The summed E-state index contributed by atoms with van der Waals surface area (Å²) in [5.41, 5.74) is 5.18. The van der Waals surface area contributed by atoms with Gasteiger partial charge in [-0.15, -0.1) is 0 Å². The van der Waals surface area contributed by atoms with E-state index in [0.717, 1.165) is 52.1 Å². The van der Waals surface area contributed by atoms with Crippen LogP contribution < -0.4 is 10.1 Å². The van der Waals surface area contributed by atoms with Crippen molar-refractivity contribution >= 4 is 16.8 Å². The zero-order chi connectivity index (χ0) is 22.5. The molecular formula is C26H31N3O3. The number of ether oxygens (including phenoxy) is 2. The predicted octanol–water partition coefficient (Wildman–Crippen LogP) is 3.59. The third-order valence-electron chi connectivity index (χ3n) is 6.30. The predicted molar refractivity (Wildman–Crippen MR) is 126 cm³/mol. The topological polar surface area (TPSA) is 63.7 Å². The number of morpholine rings is 1. The Morgan fingerprint density at radius 3 is 2.56 bits per heavy atom. The molecule has 6 nitrogen and oxygen atoms in total. The molecule has 1 N–H and O–H groups in total. The van der Waals surface area contributed by atoms with Gasteiger partial charge in [-0.1, -0.05) is 30.3 Å². The third-order valence-corrected chi connectivity index (χ3v) is 6.30. The van der Waals surface area contributed by atoms with Crippen LogP contribution in [0, 0.1) is 13.8 Å². The highest BCUT2D eigenvalue weighted by molar-refractivity contribution is 5.86. The number of carbonyl (C=O) groups excluding carboxylic acids is 1. The summed E-state index contributed by atoms with van der Waals surface area (Å²) in [4.78, 5) is 20.1. The van der Waals surface area contributed by atoms with E-state index in [0.29, 0.717) is 26.2 Å². The molecule has 1 aliphatic rings. The molecule has 2 heterocycles. The average Bonchev–Trinajstić information content (AvgIpc) is 2.83. The van der Waals surface area contributed by atoms with Crippen molar-refractivity contribution in [3.8, 4) is 5.75 Å². The Bertz CT molecular complexity index is 1080. The van der Waals surface area contributed by atoms with Gasteiger partial charge < -0.3 is 14.8 Å². The fraction of sp³-hybridized carbons (Fsp3) is 0.385. The molecule has 3 aromatic rings. The highest BCUT2D eigenvalue weighted by atomic mass is 16.5. The largest absolute Gasteiger partial charge is 0.497 e. The molecule has 0 unspecified atom stereocenters. The summed E-state index contributed by atoms with van der Waals surface area (Å²) in [6, 6.07) is 16.3. The highest BCUT2D eigenvalue weighted by Gasteiger charge is 2.23. The Morgan fingerprint density at radius 2 is 1.84 bits per heavy atom. The molecule has 168 valence electrons. The number of amides is 1. The maximum Gasteiger partial charge on any atom is 0.224 e. The average molecular weight is 434 g/mol. The highest BCUT2D eigenvalue weighted by Crippen LogP contribution is 2.25. The fourth-order valence-corrected chi connectivity index (χ4v) is 4.44. The van der Waals surface area contributed by atoms with Crippen LogP contribution in [0.5, 0.6) is 5.75 Å². The van der Waals surface area contributed by atoms with Crippen molar-refractivity contribution in [2.24, 2.45) is 0 Å². The van der Waals surface area contributed by atoms with Gasteiger partial charge in [-0.3, -0.25) is 14.7 Å². The minimum atomic E-state index is 0.0139. The normalized spacial score (nSPS) is 15.5. The summed E-state index contributed by atoms with van der Waals surface area (Å²) in [5, 5.41) is 4.28. The Morgan fingerprint density at radius 1 is 1.12 bits per heavy atom. The van der Waals surface area contributed by atoms with E-state index in [9.17, 15) is 4.79 Å². The number of nitrogens with one attached hydrogen (secondary N) is 1. The molecule has 1 aromatic heterocycles. The maximum absolute atomic E-state index is 13.0. The summed E-state index contributed by atoms with van der Waals surface area (Å²) in [6.45, 7) is 7.72. The lowest BCUT2D eigenvalue weighted by Gasteiger charge is -2.35. The molecular weight excluding hydrogens is 402 g/mol. The molecule has 2 aromatic carbocycles. The van der Waals surface area contributed by atoms with Crippen molar-refractivity contribution in [3.05, 3.63) is 70.9 Å².